The quantitative estimate of drug-likeness (QED) is 0.460. The number of aromatic nitrogens is 1. The van der Waals surface area contributed by atoms with Crippen molar-refractivity contribution >= 4 is 43.6 Å². The predicted molar refractivity (Wildman–Crippen MR) is 93.3 cm³/mol. The Balaban J connectivity index is 2.13. The zero-order valence-electron chi connectivity index (χ0n) is 11.7. The van der Waals surface area contributed by atoms with Gasteiger partial charge in [0.2, 0.25) is 0 Å². The monoisotopic (exact) mass is 349 g/mol. The Morgan fingerprint density at radius 2 is 1.45 bits per heavy atom. The van der Waals surface area contributed by atoms with Crippen molar-refractivity contribution in [2.45, 2.75) is 0 Å². The van der Waals surface area contributed by atoms with Gasteiger partial charge in [-0.3, -0.25) is 9.36 Å². The lowest BCUT2D eigenvalue weighted by atomic mass is 10.2. The van der Waals surface area contributed by atoms with E-state index in [0.717, 1.165) is 26.3 Å². The Hall–Kier alpha value is -2.39. The zero-order chi connectivity index (χ0) is 15.1. The number of nitrogens with zero attached hydrogens (tertiary/aromatic N) is 1. The molecule has 22 heavy (non-hydrogen) atoms. The van der Waals surface area contributed by atoms with Crippen LogP contribution in [-0.4, -0.2) is 10.5 Å². The maximum atomic E-state index is 13.0. The first-order valence-electron chi connectivity index (χ1n) is 7.05. The number of para-hydroxylation sites is 2. The van der Waals surface area contributed by atoms with Crippen LogP contribution in [0, 0.1) is 0 Å². The second-order valence-electron chi connectivity index (χ2n) is 5.16. The van der Waals surface area contributed by atoms with Gasteiger partial charge in [0.05, 0.1) is 11.0 Å². The molecule has 3 heteroatoms. The summed E-state index contributed by atoms with van der Waals surface area (Å²) in [6.45, 7) is 0. The van der Waals surface area contributed by atoms with Crippen molar-refractivity contribution < 1.29 is 4.79 Å². The summed E-state index contributed by atoms with van der Waals surface area (Å²) in [6, 6.07) is 23.4. The van der Waals surface area contributed by atoms with E-state index in [1.54, 1.807) is 4.57 Å². The van der Waals surface area contributed by atoms with Crippen LogP contribution in [0.4, 0.5) is 0 Å². The number of carbonyl (C=O) groups excluding carboxylic acids is 1. The predicted octanol–water partition coefficient (Wildman–Crippen LogP) is 5.25. The molecule has 0 fully saturated rings. The summed E-state index contributed by atoms with van der Waals surface area (Å²) < 4.78 is 2.72. The van der Waals surface area contributed by atoms with Gasteiger partial charge in [-0.1, -0.05) is 48.5 Å². The van der Waals surface area contributed by atoms with Gasteiger partial charge in [-0.05, 0) is 40.2 Å². The van der Waals surface area contributed by atoms with E-state index < -0.39 is 0 Å². The van der Waals surface area contributed by atoms with Crippen LogP contribution in [0.2, 0.25) is 0 Å². The number of rotatable bonds is 1. The second kappa shape index (κ2) is 5.11. The van der Waals surface area contributed by atoms with E-state index in [0.29, 0.717) is 5.56 Å². The summed E-state index contributed by atoms with van der Waals surface area (Å²) in [6.07, 6.45) is 0. The molecule has 106 valence electrons. The molecule has 0 saturated carbocycles. The molecular weight excluding hydrogens is 338 g/mol. The van der Waals surface area contributed by atoms with Crippen LogP contribution in [0.25, 0.3) is 21.8 Å². The van der Waals surface area contributed by atoms with E-state index >= 15 is 0 Å². The molecule has 0 aliphatic rings. The highest BCUT2D eigenvalue weighted by Crippen LogP contribution is 2.34. The van der Waals surface area contributed by atoms with Gasteiger partial charge in [0.25, 0.3) is 5.91 Å². The maximum Gasteiger partial charge on any atom is 0.262 e. The van der Waals surface area contributed by atoms with Gasteiger partial charge in [-0.15, -0.1) is 0 Å². The molecule has 0 bridgehead atoms. The maximum absolute atomic E-state index is 13.0. The van der Waals surface area contributed by atoms with Crippen LogP contribution < -0.4 is 0 Å². The third-order valence-electron chi connectivity index (χ3n) is 3.87. The first kappa shape index (κ1) is 13.3. The summed E-state index contributed by atoms with van der Waals surface area (Å²) in [5.41, 5.74) is 2.52. The highest BCUT2D eigenvalue weighted by atomic mass is 79.9. The summed E-state index contributed by atoms with van der Waals surface area (Å²) in [7, 11) is 0. The second-order valence-corrected chi connectivity index (χ2v) is 6.01. The molecule has 0 atom stereocenters. The first-order valence-corrected chi connectivity index (χ1v) is 7.84. The van der Waals surface area contributed by atoms with Gasteiger partial charge in [0.1, 0.15) is 0 Å². The van der Waals surface area contributed by atoms with Gasteiger partial charge < -0.3 is 0 Å². The van der Waals surface area contributed by atoms with E-state index in [1.165, 1.54) is 0 Å². The van der Waals surface area contributed by atoms with E-state index in [2.05, 4.69) is 28.1 Å². The van der Waals surface area contributed by atoms with Crippen LogP contribution in [0.15, 0.2) is 77.3 Å². The molecule has 0 aliphatic carbocycles. The van der Waals surface area contributed by atoms with Gasteiger partial charge in [-0.2, -0.15) is 0 Å². The SMILES string of the molecule is O=C(c1ccccc1)n1c2ccccc2c2cccc(Br)c21. The van der Waals surface area contributed by atoms with Gasteiger partial charge in [-0.25, -0.2) is 0 Å². The number of hydrogen-bond donors (Lipinski definition) is 0. The highest BCUT2D eigenvalue weighted by Gasteiger charge is 2.18. The molecule has 1 heterocycles. The standard InChI is InChI=1S/C19H12BrNO/c20-16-11-6-10-15-14-9-4-5-12-17(14)21(18(15)16)19(22)13-7-2-1-3-8-13/h1-12H. The fourth-order valence-electron chi connectivity index (χ4n) is 2.90. The minimum absolute atomic E-state index is 0.0151. The summed E-state index contributed by atoms with van der Waals surface area (Å²) in [5.74, 6) is -0.0151. The zero-order valence-corrected chi connectivity index (χ0v) is 13.2. The normalized spacial score (nSPS) is 11.1. The molecule has 4 aromatic rings. The molecule has 0 aliphatic heterocycles. The van der Waals surface area contributed by atoms with E-state index in [9.17, 15) is 4.79 Å². The molecule has 0 radical (unpaired) electrons. The Morgan fingerprint density at radius 1 is 0.773 bits per heavy atom. The average Bonchev–Trinajstić information content (AvgIpc) is 2.91. The van der Waals surface area contributed by atoms with Crippen LogP contribution >= 0.6 is 15.9 Å². The van der Waals surface area contributed by atoms with Crippen LogP contribution in [0.3, 0.4) is 0 Å². The average molecular weight is 350 g/mol. The smallest absolute Gasteiger partial charge is 0.262 e. The Kier molecular flexibility index (Phi) is 3.09. The summed E-state index contributed by atoms with van der Waals surface area (Å²) in [5, 5.41) is 2.16. The summed E-state index contributed by atoms with van der Waals surface area (Å²) in [4.78, 5) is 13.0. The van der Waals surface area contributed by atoms with Crippen molar-refractivity contribution in [3.05, 3.63) is 82.8 Å². The molecule has 0 unspecified atom stereocenters. The number of fused-ring (bicyclic) bond motifs is 3. The van der Waals surface area contributed by atoms with E-state index in [4.69, 9.17) is 0 Å². The molecular formula is C19H12BrNO. The number of benzene rings is 3. The highest BCUT2D eigenvalue weighted by molar-refractivity contribution is 9.10. The van der Waals surface area contributed by atoms with Crippen molar-refractivity contribution in [1.82, 2.24) is 4.57 Å². The largest absolute Gasteiger partial charge is 0.275 e. The van der Waals surface area contributed by atoms with Gasteiger partial charge in [0.15, 0.2) is 0 Å². The van der Waals surface area contributed by atoms with Gasteiger partial charge >= 0.3 is 0 Å². The lowest BCUT2D eigenvalue weighted by molar-refractivity contribution is 0.0969. The molecule has 1 aromatic heterocycles. The fraction of sp³-hybridized carbons (Fsp3) is 0. The Bertz CT molecular complexity index is 1000. The van der Waals surface area contributed by atoms with Crippen molar-refractivity contribution in [3.8, 4) is 0 Å². The van der Waals surface area contributed by atoms with E-state index in [-0.39, 0.29) is 5.91 Å². The third-order valence-corrected chi connectivity index (χ3v) is 4.51. The molecule has 0 saturated heterocycles. The molecule has 0 spiro atoms. The minimum Gasteiger partial charge on any atom is -0.275 e. The van der Waals surface area contributed by atoms with Gasteiger partial charge in [0, 0.05) is 20.8 Å². The molecule has 3 aromatic carbocycles. The van der Waals surface area contributed by atoms with Crippen LogP contribution in [0.5, 0.6) is 0 Å². The molecule has 0 amide bonds. The lowest BCUT2D eigenvalue weighted by Crippen LogP contribution is -2.11. The topological polar surface area (TPSA) is 22.0 Å². The van der Waals surface area contributed by atoms with Crippen molar-refractivity contribution in [1.29, 1.82) is 0 Å². The van der Waals surface area contributed by atoms with Crippen molar-refractivity contribution in [3.63, 3.8) is 0 Å². The first-order chi connectivity index (χ1) is 10.8. The lowest BCUT2D eigenvalue weighted by Gasteiger charge is -2.07. The molecule has 4 rings (SSSR count). The van der Waals surface area contributed by atoms with Crippen molar-refractivity contribution in [2.24, 2.45) is 0 Å². The van der Waals surface area contributed by atoms with Crippen LogP contribution in [-0.2, 0) is 0 Å². The third kappa shape index (κ3) is 1.90. The fourth-order valence-corrected chi connectivity index (χ4v) is 3.44. The minimum atomic E-state index is -0.0151. The number of carbonyl (C=O) groups is 1. The number of halogens is 1. The number of hydrogen-bond acceptors (Lipinski definition) is 1. The van der Waals surface area contributed by atoms with E-state index in [1.807, 2.05) is 60.7 Å². The van der Waals surface area contributed by atoms with Crippen molar-refractivity contribution in [2.75, 3.05) is 0 Å². The molecule has 0 N–H and O–H groups in total. The summed E-state index contributed by atoms with van der Waals surface area (Å²) >= 11 is 3.59. The van der Waals surface area contributed by atoms with Crippen LogP contribution in [0.1, 0.15) is 10.4 Å². The Morgan fingerprint density at radius 3 is 2.27 bits per heavy atom. The molecule has 2 nitrogen and oxygen atoms in total. The Labute approximate surface area is 136 Å².